The number of hydrogen-bond acceptors (Lipinski definition) is 9. The van der Waals surface area contributed by atoms with Crippen LogP contribution in [0.15, 0.2) is 77.6 Å². The van der Waals surface area contributed by atoms with Gasteiger partial charge in [-0.05, 0) is 35.9 Å². The lowest BCUT2D eigenvalue weighted by Crippen LogP contribution is -2.17. The van der Waals surface area contributed by atoms with E-state index < -0.39 is 5.82 Å². The van der Waals surface area contributed by atoms with Gasteiger partial charge in [-0.2, -0.15) is 4.98 Å². The lowest BCUT2D eigenvalue weighted by Gasteiger charge is -2.08. The van der Waals surface area contributed by atoms with E-state index in [2.05, 4.69) is 30.8 Å². The summed E-state index contributed by atoms with van der Waals surface area (Å²) in [5.74, 6) is 0.112. The molecule has 188 valence electrons. The lowest BCUT2D eigenvalue weighted by molar-refractivity contribution is -0.122. The molecule has 0 aliphatic heterocycles. The molecule has 2 aromatic carbocycles. The van der Waals surface area contributed by atoms with E-state index in [1.54, 1.807) is 42.7 Å². The summed E-state index contributed by atoms with van der Waals surface area (Å²) in [5.41, 5.74) is 3.58. The van der Waals surface area contributed by atoms with E-state index in [9.17, 15) is 4.39 Å². The molecule has 0 spiro atoms. The smallest absolute Gasteiger partial charge is 0.290 e. The van der Waals surface area contributed by atoms with E-state index in [4.69, 9.17) is 19.5 Å². The van der Waals surface area contributed by atoms with E-state index in [0.29, 0.717) is 30.3 Å². The Labute approximate surface area is 210 Å². The van der Waals surface area contributed by atoms with Gasteiger partial charge in [0, 0.05) is 36.6 Å². The fourth-order valence-corrected chi connectivity index (χ4v) is 3.56. The molecule has 3 heterocycles. The van der Waals surface area contributed by atoms with Crippen molar-refractivity contribution < 1.29 is 23.9 Å². The first-order chi connectivity index (χ1) is 18.2. The normalized spacial score (nSPS) is 10.5. The van der Waals surface area contributed by atoms with Crippen molar-refractivity contribution >= 4 is 6.47 Å². The molecule has 0 bridgehead atoms. The average Bonchev–Trinajstić information content (AvgIpc) is 3.58. The van der Waals surface area contributed by atoms with Crippen molar-refractivity contribution in [3.8, 4) is 39.9 Å². The second-order valence-electron chi connectivity index (χ2n) is 7.52. The highest BCUT2D eigenvalue weighted by Gasteiger charge is 2.24. The molecule has 3 N–H and O–H groups in total. The molecule has 11 nitrogen and oxygen atoms in total. The Morgan fingerprint density at radius 3 is 2.59 bits per heavy atom. The number of carbonyl (C=O) groups is 1. The summed E-state index contributed by atoms with van der Waals surface area (Å²) in [4.78, 5) is 17.0. The fraction of sp³-hybridized carbons (Fsp3) is 0.120. The number of aromatic nitrogens is 6. The number of pyridine rings is 1. The first-order valence-corrected chi connectivity index (χ1v) is 11.1. The van der Waals surface area contributed by atoms with Gasteiger partial charge in [-0.15, -0.1) is 5.10 Å². The number of aliphatic hydroxyl groups is 1. The van der Waals surface area contributed by atoms with Gasteiger partial charge in [0.25, 0.3) is 12.4 Å². The molecule has 0 amide bonds. The standard InChI is InChI=1S/C24H20FN7O2.CH2O2/c25-19-6-1-2-7-20(19)32-22(17-8-10-26-11-9-17)21(29-31-32)24-28-23(30-34-24)18-5-3-4-16(14-18)15-27-12-13-33;2-1-3/h1-11,14,27,33H,12-13,15H2;1H,(H,2,3). The molecular formula is C25H22FN7O4. The molecule has 0 saturated carbocycles. The van der Waals surface area contributed by atoms with Gasteiger partial charge in [-0.3, -0.25) is 9.78 Å². The van der Waals surface area contributed by atoms with Crippen LogP contribution in [-0.2, 0) is 11.3 Å². The molecular weight excluding hydrogens is 481 g/mol. The highest BCUT2D eigenvalue weighted by atomic mass is 19.1. The van der Waals surface area contributed by atoms with Gasteiger partial charge in [0.05, 0.1) is 6.61 Å². The minimum Gasteiger partial charge on any atom is -0.483 e. The minimum absolute atomic E-state index is 0.0707. The van der Waals surface area contributed by atoms with Crippen molar-refractivity contribution in [2.75, 3.05) is 13.2 Å². The zero-order valence-corrected chi connectivity index (χ0v) is 19.4. The number of halogens is 1. The molecule has 3 aromatic heterocycles. The Bertz CT molecular complexity index is 1460. The number of rotatable bonds is 8. The Hall–Kier alpha value is -4.81. The van der Waals surface area contributed by atoms with E-state index in [1.165, 1.54) is 10.7 Å². The van der Waals surface area contributed by atoms with Gasteiger partial charge in [0.1, 0.15) is 17.2 Å². The number of hydrogen-bond donors (Lipinski definition) is 3. The van der Waals surface area contributed by atoms with Crippen molar-refractivity contribution in [3.05, 3.63) is 84.4 Å². The van der Waals surface area contributed by atoms with E-state index in [0.717, 1.165) is 16.7 Å². The second-order valence-corrected chi connectivity index (χ2v) is 7.52. The molecule has 0 saturated heterocycles. The largest absolute Gasteiger partial charge is 0.483 e. The van der Waals surface area contributed by atoms with E-state index >= 15 is 0 Å². The molecule has 12 heteroatoms. The molecule has 5 aromatic rings. The van der Waals surface area contributed by atoms with Crippen LogP contribution in [0.2, 0.25) is 0 Å². The molecule has 0 aliphatic rings. The van der Waals surface area contributed by atoms with Crippen LogP contribution in [0.3, 0.4) is 0 Å². The van der Waals surface area contributed by atoms with Crippen LogP contribution in [0.25, 0.3) is 39.9 Å². The summed E-state index contributed by atoms with van der Waals surface area (Å²) in [5, 5.41) is 31.5. The maximum Gasteiger partial charge on any atom is 0.290 e. The first kappa shape index (κ1) is 25.3. The Balaban J connectivity index is 0.00000102. The fourth-order valence-electron chi connectivity index (χ4n) is 3.56. The number of para-hydroxylation sites is 1. The summed E-state index contributed by atoms with van der Waals surface area (Å²) in [6.45, 7) is 0.926. The van der Waals surface area contributed by atoms with Crippen LogP contribution in [0.4, 0.5) is 4.39 Å². The predicted octanol–water partition coefficient (Wildman–Crippen LogP) is 2.97. The van der Waals surface area contributed by atoms with E-state index in [1.807, 2.05) is 24.3 Å². The summed E-state index contributed by atoms with van der Waals surface area (Å²) in [6.07, 6.45) is 3.26. The van der Waals surface area contributed by atoms with Gasteiger partial charge in [-0.1, -0.05) is 40.7 Å². The van der Waals surface area contributed by atoms with Crippen LogP contribution in [0.5, 0.6) is 0 Å². The number of nitrogens with one attached hydrogen (secondary N) is 1. The van der Waals surface area contributed by atoms with Crippen LogP contribution in [-0.4, -0.2) is 60.0 Å². The van der Waals surface area contributed by atoms with Gasteiger partial charge < -0.3 is 20.1 Å². The Kier molecular flexibility index (Phi) is 8.37. The maximum absolute atomic E-state index is 14.6. The maximum atomic E-state index is 14.6. The average molecular weight is 503 g/mol. The third-order valence-corrected chi connectivity index (χ3v) is 5.14. The van der Waals surface area contributed by atoms with Crippen LogP contribution >= 0.6 is 0 Å². The zero-order valence-electron chi connectivity index (χ0n) is 19.4. The first-order valence-electron chi connectivity index (χ1n) is 11.1. The van der Waals surface area contributed by atoms with Gasteiger partial charge >= 0.3 is 0 Å². The number of aliphatic hydroxyl groups excluding tert-OH is 1. The van der Waals surface area contributed by atoms with Crippen LogP contribution < -0.4 is 5.32 Å². The van der Waals surface area contributed by atoms with Crippen molar-refractivity contribution in [1.82, 2.24) is 35.4 Å². The Morgan fingerprint density at radius 2 is 1.84 bits per heavy atom. The van der Waals surface area contributed by atoms with E-state index in [-0.39, 0.29) is 24.7 Å². The molecule has 5 rings (SSSR count). The van der Waals surface area contributed by atoms with Gasteiger partial charge in [0.15, 0.2) is 5.69 Å². The lowest BCUT2D eigenvalue weighted by atomic mass is 10.1. The molecule has 0 aliphatic carbocycles. The number of benzene rings is 2. The van der Waals surface area contributed by atoms with Crippen molar-refractivity contribution in [2.45, 2.75) is 6.54 Å². The predicted molar refractivity (Wildman–Crippen MR) is 131 cm³/mol. The van der Waals surface area contributed by atoms with Crippen LogP contribution in [0.1, 0.15) is 5.56 Å². The number of nitrogens with zero attached hydrogens (tertiary/aromatic N) is 6. The molecule has 0 fully saturated rings. The van der Waals surface area contributed by atoms with Gasteiger partial charge in [-0.25, -0.2) is 9.07 Å². The second kappa shape index (κ2) is 12.2. The van der Waals surface area contributed by atoms with Crippen LogP contribution in [0, 0.1) is 5.82 Å². The summed E-state index contributed by atoms with van der Waals surface area (Å²) >= 11 is 0. The quantitative estimate of drug-likeness (QED) is 0.213. The third kappa shape index (κ3) is 5.89. The molecule has 0 unspecified atom stereocenters. The molecule has 0 atom stereocenters. The highest BCUT2D eigenvalue weighted by molar-refractivity contribution is 5.76. The van der Waals surface area contributed by atoms with Crippen molar-refractivity contribution in [2.24, 2.45) is 0 Å². The molecule has 0 radical (unpaired) electrons. The topological polar surface area (TPSA) is 152 Å². The van der Waals surface area contributed by atoms with Crippen molar-refractivity contribution in [1.29, 1.82) is 0 Å². The monoisotopic (exact) mass is 503 g/mol. The Morgan fingerprint density at radius 1 is 1.05 bits per heavy atom. The van der Waals surface area contributed by atoms with Crippen molar-refractivity contribution in [3.63, 3.8) is 0 Å². The summed E-state index contributed by atoms with van der Waals surface area (Å²) in [6, 6.07) is 17.6. The zero-order chi connectivity index (χ0) is 26.0. The van der Waals surface area contributed by atoms with Gasteiger partial charge in [0.2, 0.25) is 5.82 Å². The number of carboxylic acid groups (broad SMARTS) is 1. The highest BCUT2D eigenvalue weighted by Crippen LogP contribution is 2.32. The summed E-state index contributed by atoms with van der Waals surface area (Å²) < 4.78 is 21.6. The summed E-state index contributed by atoms with van der Waals surface area (Å²) in [7, 11) is 0. The SMILES string of the molecule is O=CO.OCCNCc1cccc(-c2noc(-c3nnn(-c4ccccc4F)c3-c3ccncc3)n2)c1. The minimum atomic E-state index is -0.438. The molecule has 37 heavy (non-hydrogen) atoms. The third-order valence-electron chi connectivity index (χ3n) is 5.14.